The summed E-state index contributed by atoms with van der Waals surface area (Å²) in [5.74, 6) is 0.512. The summed E-state index contributed by atoms with van der Waals surface area (Å²) < 4.78 is 6.80. The third kappa shape index (κ3) is 2.90. The smallest absolute Gasteiger partial charge is 0.269 e. The molecule has 20 heavy (non-hydrogen) atoms. The summed E-state index contributed by atoms with van der Waals surface area (Å²) >= 11 is 0. The summed E-state index contributed by atoms with van der Waals surface area (Å²) in [6.07, 6.45) is 0. The van der Waals surface area contributed by atoms with E-state index in [1.54, 1.807) is 43.1 Å². The molecule has 0 saturated carbocycles. The second-order valence-corrected chi connectivity index (χ2v) is 4.55. The molecule has 2 rings (SSSR count). The lowest BCUT2D eigenvalue weighted by Gasteiger charge is -2.10. The molecule has 6 nitrogen and oxygen atoms in total. The fourth-order valence-electron chi connectivity index (χ4n) is 2.03. The summed E-state index contributed by atoms with van der Waals surface area (Å²) in [7, 11) is 3.32. The fraction of sp³-hybridized carbons (Fsp3) is 0.286. The Morgan fingerprint density at radius 3 is 2.80 bits per heavy atom. The van der Waals surface area contributed by atoms with Crippen molar-refractivity contribution in [2.45, 2.75) is 13.5 Å². The van der Waals surface area contributed by atoms with Crippen molar-refractivity contribution in [3.05, 3.63) is 41.2 Å². The number of nitrogens with two attached hydrogens (primary N) is 1. The van der Waals surface area contributed by atoms with Crippen LogP contribution < -0.4 is 15.8 Å². The van der Waals surface area contributed by atoms with E-state index in [4.69, 9.17) is 10.5 Å². The molecule has 3 N–H and O–H groups in total. The van der Waals surface area contributed by atoms with Gasteiger partial charge in [0, 0.05) is 24.8 Å². The van der Waals surface area contributed by atoms with Gasteiger partial charge in [0.05, 0.1) is 12.8 Å². The molecule has 0 saturated heterocycles. The molecule has 0 atom stereocenters. The summed E-state index contributed by atoms with van der Waals surface area (Å²) in [5.41, 5.74) is 8.53. The van der Waals surface area contributed by atoms with Gasteiger partial charge in [0.1, 0.15) is 11.4 Å². The Kier molecular flexibility index (Phi) is 3.93. The molecule has 106 valence electrons. The topological polar surface area (TPSA) is 82.2 Å². The van der Waals surface area contributed by atoms with Crippen LogP contribution in [0.2, 0.25) is 0 Å². The number of nitrogen functional groups attached to an aromatic ring is 1. The van der Waals surface area contributed by atoms with Crippen molar-refractivity contribution in [3.8, 4) is 5.75 Å². The van der Waals surface area contributed by atoms with E-state index >= 15 is 0 Å². The zero-order valence-corrected chi connectivity index (χ0v) is 11.8. The van der Waals surface area contributed by atoms with E-state index in [0.29, 0.717) is 23.7 Å². The van der Waals surface area contributed by atoms with E-state index < -0.39 is 0 Å². The lowest BCUT2D eigenvalue weighted by molar-refractivity contribution is 0.0941. The van der Waals surface area contributed by atoms with Crippen molar-refractivity contribution in [1.82, 2.24) is 15.1 Å². The Bertz CT molecular complexity index is 634. The first-order valence-electron chi connectivity index (χ1n) is 6.22. The number of anilines is 1. The van der Waals surface area contributed by atoms with Crippen LogP contribution in [-0.2, 0) is 13.6 Å². The molecular formula is C14H18N4O2. The van der Waals surface area contributed by atoms with Gasteiger partial charge < -0.3 is 15.8 Å². The minimum absolute atomic E-state index is 0.183. The minimum atomic E-state index is -0.183. The van der Waals surface area contributed by atoms with Gasteiger partial charge in [-0.15, -0.1) is 0 Å². The van der Waals surface area contributed by atoms with Gasteiger partial charge in [0.2, 0.25) is 0 Å². The molecule has 0 fully saturated rings. The number of rotatable bonds is 4. The highest BCUT2D eigenvalue weighted by molar-refractivity contribution is 5.92. The second-order valence-electron chi connectivity index (χ2n) is 4.55. The van der Waals surface area contributed by atoms with E-state index in [0.717, 1.165) is 11.3 Å². The number of methoxy groups -OCH3 is 1. The lowest BCUT2D eigenvalue weighted by Crippen LogP contribution is -2.25. The zero-order valence-electron chi connectivity index (χ0n) is 11.8. The molecule has 1 heterocycles. The van der Waals surface area contributed by atoms with Crippen LogP contribution in [0.3, 0.4) is 0 Å². The van der Waals surface area contributed by atoms with E-state index in [1.807, 2.05) is 6.92 Å². The van der Waals surface area contributed by atoms with E-state index in [9.17, 15) is 4.79 Å². The highest BCUT2D eigenvalue weighted by atomic mass is 16.5. The predicted octanol–water partition coefficient (Wildman–Crippen LogP) is 1.25. The van der Waals surface area contributed by atoms with Crippen molar-refractivity contribution in [2.75, 3.05) is 12.8 Å². The number of amides is 1. The number of nitrogens with zero attached hydrogens (tertiary/aromatic N) is 2. The number of aryl methyl sites for hydroxylation is 2. The third-order valence-corrected chi connectivity index (χ3v) is 2.98. The van der Waals surface area contributed by atoms with Gasteiger partial charge in [-0.2, -0.15) is 5.10 Å². The first-order chi connectivity index (χ1) is 9.51. The first kappa shape index (κ1) is 13.9. The van der Waals surface area contributed by atoms with Gasteiger partial charge in [0.25, 0.3) is 5.91 Å². The number of nitrogens with one attached hydrogen (secondary N) is 1. The predicted molar refractivity (Wildman–Crippen MR) is 76.5 cm³/mol. The highest BCUT2D eigenvalue weighted by Crippen LogP contribution is 2.20. The molecule has 1 aromatic carbocycles. The Labute approximate surface area is 117 Å². The molecule has 0 unspecified atom stereocenters. The molecule has 0 aliphatic carbocycles. The van der Waals surface area contributed by atoms with Gasteiger partial charge in [-0.3, -0.25) is 9.48 Å². The molecule has 6 heteroatoms. The van der Waals surface area contributed by atoms with Crippen LogP contribution in [0, 0.1) is 6.92 Å². The molecular weight excluding hydrogens is 256 g/mol. The first-order valence-corrected chi connectivity index (χ1v) is 6.22. The summed E-state index contributed by atoms with van der Waals surface area (Å²) in [6.45, 7) is 2.19. The average Bonchev–Trinajstić information content (AvgIpc) is 2.75. The lowest BCUT2D eigenvalue weighted by atomic mass is 10.1. The van der Waals surface area contributed by atoms with Crippen molar-refractivity contribution in [1.29, 1.82) is 0 Å². The highest BCUT2D eigenvalue weighted by Gasteiger charge is 2.12. The number of carbonyl (C=O) groups excluding carboxylic acids is 1. The Morgan fingerprint density at radius 2 is 2.20 bits per heavy atom. The molecule has 0 radical (unpaired) electrons. The Morgan fingerprint density at radius 1 is 1.45 bits per heavy atom. The number of aromatic nitrogens is 2. The van der Waals surface area contributed by atoms with Crippen molar-refractivity contribution < 1.29 is 9.53 Å². The zero-order chi connectivity index (χ0) is 14.7. The standard InChI is InChI=1S/C14H18N4O2/c1-9-6-12(18(2)17-9)14(19)16-8-10-7-11(15)4-5-13(10)20-3/h4-7H,8,15H2,1-3H3,(H,16,19). The number of carbonyl (C=O) groups is 1. The van der Waals surface area contributed by atoms with E-state index in [-0.39, 0.29) is 5.91 Å². The quantitative estimate of drug-likeness (QED) is 0.822. The monoisotopic (exact) mass is 274 g/mol. The van der Waals surface area contributed by atoms with Gasteiger partial charge in [-0.25, -0.2) is 0 Å². The Balaban J connectivity index is 2.11. The van der Waals surface area contributed by atoms with Crippen LogP contribution >= 0.6 is 0 Å². The molecule has 1 amide bonds. The van der Waals surface area contributed by atoms with Gasteiger partial charge in [0.15, 0.2) is 0 Å². The molecule has 0 spiro atoms. The van der Waals surface area contributed by atoms with Crippen molar-refractivity contribution in [2.24, 2.45) is 7.05 Å². The average molecular weight is 274 g/mol. The molecule has 0 bridgehead atoms. The molecule has 0 aliphatic heterocycles. The summed E-state index contributed by atoms with van der Waals surface area (Å²) in [6, 6.07) is 7.07. The number of hydrogen-bond acceptors (Lipinski definition) is 4. The minimum Gasteiger partial charge on any atom is -0.496 e. The van der Waals surface area contributed by atoms with Gasteiger partial charge in [-0.05, 0) is 31.2 Å². The summed E-state index contributed by atoms with van der Waals surface area (Å²) in [4.78, 5) is 12.1. The van der Waals surface area contributed by atoms with Crippen LogP contribution in [0.1, 0.15) is 21.7 Å². The van der Waals surface area contributed by atoms with Crippen LogP contribution in [0.15, 0.2) is 24.3 Å². The van der Waals surface area contributed by atoms with Gasteiger partial charge >= 0.3 is 0 Å². The summed E-state index contributed by atoms with van der Waals surface area (Å²) in [5, 5.41) is 6.98. The maximum atomic E-state index is 12.1. The second kappa shape index (κ2) is 5.64. The normalized spacial score (nSPS) is 10.3. The molecule has 2 aromatic rings. The maximum Gasteiger partial charge on any atom is 0.269 e. The van der Waals surface area contributed by atoms with Crippen molar-refractivity contribution >= 4 is 11.6 Å². The van der Waals surface area contributed by atoms with Crippen LogP contribution in [-0.4, -0.2) is 22.8 Å². The SMILES string of the molecule is COc1ccc(N)cc1CNC(=O)c1cc(C)nn1C. The maximum absolute atomic E-state index is 12.1. The van der Waals surface area contributed by atoms with Crippen molar-refractivity contribution in [3.63, 3.8) is 0 Å². The Hall–Kier alpha value is -2.50. The van der Waals surface area contributed by atoms with Crippen LogP contribution in [0.5, 0.6) is 5.75 Å². The van der Waals surface area contributed by atoms with E-state index in [1.165, 1.54) is 0 Å². The third-order valence-electron chi connectivity index (χ3n) is 2.98. The van der Waals surface area contributed by atoms with E-state index in [2.05, 4.69) is 10.4 Å². The van der Waals surface area contributed by atoms with Crippen LogP contribution in [0.4, 0.5) is 5.69 Å². The number of hydrogen-bond donors (Lipinski definition) is 2. The number of benzene rings is 1. The number of ether oxygens (including phenoxy) is 1. The largest absolute Gasteiger partial charge is 0.496 e. The van der Waals surface area contributed by atoms with Gasteiger partial charge in [-0.1, -0.05) is 0 Å². The fourth-order valence-corrected chi connectivity index (χ4v) is 2.03. The molecule has 1 aromatic heterocycles. The van der Waals surface area contributed by atoms with Crippen LogP contribution in [0.25, 0.3) is 0 Å². The molecule has 0 aliphatic rings.